The van der Waals surface area contributed by atoms with Gasteiger partial charge >= 0.3 is 0 Å². The average Bonchev–Trinajstić information content (AvgIpc) is 2.55. The normalized spacial score (nSPS) is 14.6. The third-order valence-electron chi connectivity index (χ3n) is 9.79. The molecule has 1 N–H and O–H groups in total. The van der Waals surface area contributed by atoms with Crippen LogP contribution in [0, 0.1) is 0 Å². The van der Waals surface area contributed by atoms with E-state index in [9.17, 15) is 5.11 Å². The van der Waals surface area contributed by atoms with Crippen molar-refractivity contribution in [3.05, 3.63) is 0 Å². The first-order valence-corrected chi connectivity index (χ1v) is 16.0. The van der Waals surface area contributed by atoms with Gasteiger partial charge in [0, 0.05) is 5.40 Å². The summed E-state index contributed by atoms with van der Waals surface area (Å²) in [6.45, 7) is 0. The standard InChI is InChI=1S/C10H39B19N2OS4/c11-3(12,13)6(20,21)30(7(22,23)4(14,15)16)1(33)35-36-2(34)31(8(24,25)5(17,18)19)9(26,27)10(28,29)32/h32H,11-29H2. The third kappa shape index (κ3) is 7.69. The Balaban J connectivity index is 6.54. The van der Waals surface area contributed by atoms with Gasteiger partial charge in [0.05, 0.1) is 70.6 Å². The summed E-state index contributed by atoms with van der Waals surface area (Å²) >= 11 is 12.3. The molecule has 176 valence electrons. The van der Waals surface area contributed by atoms with Crippen LogP contribution < -0.4 is 0 Å². The highest BCUT2D eigenvalue weighted by Crippen LogP contribution is 2.45. The maximum atomic E-state index is 11.2. The Hall–Kier alpha value is 1.67. The zero-order valence-electron chi connectivity index (χ0n) is 27.0. The molecule has 0 radical (unpaired) electrons. The molecule has 0 bridgehead atoms. The van der Waals surface area contributed by atoms with Crippen molar-refractivity contribution in [2.45, 2.75) is 42.1 Å². The van der Waals surface area contributed by atoms with E-state index in [1.165, 1.54) is 0 Å². The molecule has 0 heterocycles. The third-order valence-corrected chi connectivity index (χ3v) is 13.2. The van der Waals surface area contributed by atoms with Gasteiger partial charge in [0.1, 0.15) is 87.1 Å². The smallest absolute Gasteiger partial charge is 0.145 e. The van der Waals surface area contributed by atoms with E-state index in [1.54, 1.807) is 21.6 Å². The number of hydrogen-bond acceptors (Lipinski definition) is 5. The van der Waals surface area contributed by atoms with Gasteiger partial charge in [0.25, 0.3) is 0 Å². The molecule has 0 aliphatic heterocycles. The molecule has 0 rings (SSSR count). The van der Waals surface area contributed by atoms with Crippen LogP contribution in [0.4, 0.5) is 0 Å². The second-order valence-corrected chi connectivity index (χ2v) is 19.3. The van der Waals surface area contributed by atoms with E-state index in [2.05, 4.69) is 143 Å². The van der Waals surface area contributed by atoms with Gasteiger partial charge < -0.3 is 14.9 Å². The van der Waals surface area contributed by atoms with Gasteiger partial charge in [0.2, 0.25) is 0 Å². The van der Waals surface area contributed by atoms with Crippen LogP contribution >= 0.6 is 46.0 Å². The maximum absolute atomic E-state index is 11.2. The highest BCUT2D eigenvalue weighted by Gasteiger charge is 2.51. The minimum atomic E-state index is -0.972. The molecule has 0 aliphatic rings. The predicted octanol–water partition coefficient (Wildman–Crippen LogP) is -16.9. The lowest BCUT2D eigenvalue weighted by atomic mass is 9.22. The van der Waals surface area contributed by atoms with E-state index >= 15 is 0 Å². The molecule has 0 saturated heterocycles. The van der Waals surface area contributed by atoms with Gasteiger partial charge in [-0.05, 0) is 42.9 Å². The van der Waals surface area contributed by atoms with Crippen LogP contribution in [-0.2, 0) is 0 Å². The van der Waals surface area contributed by atoms with Crippen LogP contribution in [0.5, 0.6) is 0 Å². The molecule has 0 fully saturated rings. The molecule has 0 aromatic carbocycles. The fourth-order valence-electron chi connectivity index (χ4n) is 3.74. The van der Waals surface area contributed by atoms with Crippen LogP contribution in [0.25, 0.3) is 0 Å². The quantitative estimate of drug-likeness (QED) is 0.187. The molecule has 0 spiro atoms. The number of thiocarbonyl (C=S) groups is 2. The molecule has 0 aliphatic carbocycles. The van der Waals surface area contributed by atoms with Crippen LogP contribution in [0.15, 0.2) is 0 Å². The molecule has 36 heavy (non-hydrogen) atoms. The van der Waals surface area contributed by atoms with E-state index in [1.807, 2.05) is 15.7 Å². The molecule has 0 atom stereocenters. The molecule has 26 heteroatoms. The van der Waals surface area contributed by atoms with Crippen molar-refractivity contribution in [3.63, 3.8) is 0 Å². The Morgan fingerprint density at radius 1 is 0.444 bits per heavy atom. The first kappa shape index (κ1) is 37.7. The Kier molecular flexibility index (Phi) is 12.0. The van der Waals surface area contributed by atoms with Gasteiger partial charge in [-0.15, -0.1) is 15.3 Å². The summed E-state index contributed by atoms with van der Waals surface area (Å²) in [5, 5.41) is 8.80. The fraction of sp³-hybridized carbons (Fsp3) is 0.800. The zero-order chi connectivity index (χ0) is 29.7. The summed E-state index contributed by atoms with van der Waals surface area (Å²) in [6.07, 6.45) is 0. The van der Waals surface area contributed by atoms with Crippen molar-refractivity contribution >= 4 is 204 Å². The number of rotatable bonds is 8. The monoisotopic (exact) mass is 540 g/mol. The van der Waals surface area contributed by atoms with Crippen molar-refractivity contribution in [2.24, 2.45) is 0 Å². The summed E-state index contributed by atoms with van der Waals surface area (Å²) in [5.74, 6) is 0. The Morgan fingerprint density at radius 2 is 0.639 bits per heavy atom. The van der Waals surface area contributed by atoms with Crippen LogP contribution in [0.2, 0.25) is 15.3 Å². The zero-order valence-corrected chi connectivity index (χ0v) is 30.2. The Bertz CT molecular complexity index is 708. The molecule has 0 aromatic rings. The lowest BCUT2D eigenvalue weighted by Crippen LogP contribution is -2.76. The average molecular weight is 537 g/mol. The van der Waals surface area contributed by atoms with Crippen LogP contribution in [-0.4, -0.2) is 199 Å². The summed E-state index contributed by atoms with van der Waals surface area (Å²) < 4.78 is 1.56. The van der Waals surface area contributed by atoms with Crippen molar-refractivity contribution in [1.82, 2.24) is 9.80 Å². The maximum Gasteiger partial charge on any atom is 0.145 e. The molecule has 0 aromatic heterocycles. The summed E-state index contributed by atoms with van der Waals surface area (Å²) in [7, 11) is 45.0. The number of aliphatic hydroxyl groups is 1. The SMILES string of the molecule is BC(B)(B)C(B)(B)N(C(=S)SSC(=S)N(C(B)(B)C(B)(B)B)C(B)(B)C(B)(B)O)C(B)(B)C(B)(B)B. The van der Waals surface area contributed by atoms with Crippen molar-refractivity contribution in [2.75, 3.05) is 0 Å². The van der Waals surface area contributed by atoms with Gasteiger partial charge in [-0.25, -0.2) is 0 Å². The Labute approximate surface area is 259 Å². The van der Waals surface area contributed by atoms with Crippen molar-refractivity contribution in [1.29, 1.82) is 0 Å². The highest BCUT2D eigenvalue weighted by molar-refractivity contribution is 8.89. The lowest BCUT2D eigenvalue weighted by molar-refractivity contribution is 0.120. The van der Waals surface area contributed by atoms with E-state index < -0.39 is 10.7 Å². The van der Waals surface area contributed by atoms with E-state index in [0.29, 0.717) is 0 Å². The van der Waals surface area contributed by atoms with Gasteiger partial charge in [-0.3, -0.25) is 0 Å². The molecule has 0 amide bonds. The molecular formula is C10H39B19N2OS4. The second-order valence-electron chi connectivity index (χ2n) is 15.9. The van der Waals surface area contributed by atoms with Crippen LogP contribution in [0.3, 0.4) is 0 Å². The topological polar surface area (TPSA) is 26.7 Å². The fourth-order valence-corrected chi connectivity index (χ4v) is 7.34. The minimum Gasteiger partial charge on any atom is -0.407 e. The van der Waals surface area contributed by atoms with E-state index in [4.69, 9.17) is 24.4 Å². The molecule has 0 unspecified atom stereocenters. The number of hydrogen-bond donors (Lipinski definition) is 1. The highest BCUT2D eigenvalue weighted by atomic mass is 33.1. The largest absolute Gasteiger partial charge is 0.407 e. The summed E-state index contributed by atoms with van der Waals surface area (Å²) in [4.78, 5) is 4.68. The molecule has 3 nitrogen and oxygen atoms in total. The van der Waals surface area contributed by atoms with Crippen LogP contribution in [0.1, 0.15) is 0 Å². The summed E-state index contributed by atoms with van der Waals surface area (Å²) in [6, 6.07) is 0. The van der Waals surface area contributed by atoms with Gasteiger partial charge in [-0.2, -0.15) is 0 Å². The Morgan fingerprint density at radius 3 is 0.806 bits per heavy atom. The predicted molar refractivity (Wildman–Crippen MR) is 230 cm³/mol. The first-order chi connectivity index (χ1) is 15.3. The molecule has 0 saturated carbocycles. The van der Waals surface area contributed by atoms with Gasteiger partial charge in [0.15, 0.2) is 0 Å². The van der Waals surface area contributed by atoms with Crippen molar-refractivity contribution < 1.29 is 5.11 Å². The van der Waals surface area contributed by atoms with Crippen molar-refractivity contribution in [3.8, 4) is 0 Å². The minimum absolute atomic E-state index is 0.00548. The number of nitrogens with zero attached hydrogens (tertiary/aromatic N) is 2. The van der Waals surface area contributed by atoms with E-state index in [-0.39, 0.29) is 31.4 Å². The lowest BCUT2D eigenvalue weighted by Gasteiger charge is -2.62. The van der Waals surface area contributed by atoms with E-state index in [0.717, 1.165) is 8.64 Å². The summed E-state index contributed by atoms with van der Waals surface area (Å²) in [5.41, 5.74) is 0. The van der Waals surface area contributed by atoms with Gasteiger partial charge in [-0.1, -0.05) is 24.4 Å². The molecular weight excluding hydrogens is 498 g/mol. The second kappa shape index (κ2) is 11.5. The first-order valence-electron chi connectivity index (χ1n) is 13.0.